The molecule has 0 bridgehead atoms. The molecule has 0 amide bonds. The van der Waals surface area contributed by atoms with Crippen LogP contribution in [0.1, 0.15) is 28.4 Å². The first-order chi connectivity index (χ1) is 14.6. The molecule has 2 aliphatic heterocycles. The molecule has 2 aliphatic rings. The van der Waals surface area contributed by atoms with Crippen LogP contribution in [0.4, 0.5) is 10.1 Å². The average molecular weight is 417 g/mol. The van der Waals surface area contributed by atoms with Crippen molar-refractivity contribution in [2.24, 2.45) is 0 Å². The Kier molecular flexibility index (Phi) is 5.67. The molecule has 2 heterocycles. The Hall–Kier alpha value is -3.00. The van der Waals surface area contributed by atoms with Crippen molar-refractivity contribution in [1.29, 1.82) is 0 Å². The first-order valence-corrected chi connectivity index (χ1v) is 9.72. The number of hydrogen-bond acceptors (Lipinski definition) is 7. The molecule has 2 aromatic carbocycles. The summed E-state index contributed by atoms with van der Waals surface area (Å²) in [4.78, 5) is 15.2. The van der Waals surface area contributed by atoms with Crippen LogP contribution < -0.4 is 23.8 Å². The maximum atomic E-state index is 14.1. The number of nitrogens with zero attached hydrogens (tertiary/aromatic N) is 1. The van der Waals surface area contributed by atoms with Gasteiger partial charge in [-0.1, -0.05) is 6.07 Å². The molecule has 0 aliphatic carbocycles. The quantitative estimate of drug-likeness (QED) is 0.739. The number of hydrogen-bond donors (Lipinski definition) is 0. The molecule has 0 N–H and O–H groups in total. The summed E-state index contributed by atoms with van der Waals surface area (Å²) in [7, 11) is 4.45. The number of Topliss-reactive ketones (excluding diaryl/α,β-unsaturated/α-hetero) is 1. The van der Waals surface area contributed by atoms with Gasteiger partial charge in [-0.05, 0) is 12.1 Å². The van der Waals surface area contributed by atoms with Crippen LogP contribution >= 0.6 is 0 Å². The van der Waals surface area contributed by atoms with Gasteiger partial charge in [-0.25, -0.2) is 4.39 Å². The molecule has 160 valence electrons. The minimum atomic E-state index is -0.564. The first-order valence-electron chi connectivity index (χ1n) is 9.72. The smallest absolute Gasteiger partial charge is 0.204 e. The van der Waals surface area contributed by atoms with Gasteiger partial charge < -0.3 is 28.6 Å². The lowest BCUT2D eigenvalue weighted by Gasteiger charge is -2.34. The zero-order valence-electron chi connectivity index (χ0n) is 17.2. The number of benzene rings is 2. The van der Waals surface area contributed by atoms with Crippen molar-refractivity contribution in [2.75, 3.05) is 52.5 Å². The molecule has 1 fully saturated rings. The highest BCUT2D eigenvalue weighted by Gasteiger charge is 2.35. The van der Waals surface area contributed by atoms with E-state index in [1.54, 1.807) is 12.1 Å². The summed E-state index contributed by atoms with van der Waals surface area (Å²) in [6.45, 7) is 2.42. The van der Waals surface area contributed by atoms with Gasteiger partial charge >= 0.3 is 0 Å². The number of ether oxygens (including phenoxy) is 5. The van der Waals surface area contributed by atoms with E-state index in [-0.39, 0.29) is 23.8 Å². The molecule has 1 unspecified atom stereocenters. The number of ketones is 1. The van der Waals surface area contributed by atoms with Crippen LogP contribution in [0.2, 0.25) is 0 Å². The molecule has 0 aromatic heterocycles. The molecule has 0 spiro atoms. The predicted octanol–water partition coefficient (Wildman–Crippen LogP) is 3.39. The van der Waals surface area contributed by atoms with E-state index in [0.717, 1.165) is 5.56 Å². The highest BCUT2D eigenvalue weighted by Crippen LogP contribution is 2.49. The largest absolute Gasteiger partial charge is 0.493 e. The van der Waals surface area contributed by atoms with Gasteiger partial charge in [-0.3, -0.25) is 4.79 Å². The molecule has 1 saturated heterocycles. The Balaban J connectivity index is 1.76. The summed E-state index contributed by atoms with van der Waals surface area (Å²) in [6.07, 6.45) is -0.465. The van der Waals surface area contributed by atoms with Gasteiger partial charge in [-0.2, -0.15) is 0 Å². The number of halogens is 1. The van der Waals surface area contributed by atoms with Crippen LogP contribution in [0.15, 0.2) is 24.3 Å². The zero-order chi connectivity index (χ0) is 21.3. The number of carbonyl (C=O) groups is 1. The molecular weight excluding hydrogens is 393 g/mol. The van der Waals surface area contributed by atoms with Gasteiger partial charge in [0.15, 0.2) is 17.3 Å². The number of rotatable bonds is 5. The van der Waals surface area contributed by atoms with Crippen molar-refractivity contribution in [3.8, 4) is 23.0 Å². The third kappa shape index (κ3) is 3.52. The molecule has 1 atom stereocenters. The fraction of sp³-hybridized carbons (Fsp3) is 0.409. The van der Waals surface area contributed by atoms with Gasteiger partial charge in [-0.15, -0.1) is 0 Å². The summed E-state index contributed by atoms with van der Waals surface area (Å²) in [6, 6.07) is 6.18. The van der Waals surface area contributed by atoms with Crippen LogP contribution in [0.25, 0.3) is 0 Å². The van der Waals surface area contributed by atoms with Gasteiger partial charge in [0.2, 0.25) is 5.75 Å². The predicted molar refractivity (Wildman–Crippen MR) is 108 cm³/mol. The molecule has 8 heteroatoms. The van der Waals surface area contributed by atoms with Gasteiger partial charge in [0.25, 0.3) is 0 Å². The maximum absolute atomic E-state index is 14.1. The van der Waals surface area contributed by atoms with E-state index >= 15 is 0 Å². The standard InChI is InChI=1S/C22H24FNO6/c1-26-19-12-18-20(22(28-3)21(19)27-2)16(25)11-17(30-18)14-5-4-13(23)10-15(14)24-6-8-29-9-7-24/h4-5,10,12,17H,6-9,11H2,1-3H3. The maximum Gasteiger partial charge on any atom is 0.204 e. The highest BCUT2D eigenvalue weighted by molar-refractivity contribution is 6.04. The lowest BCUT2D eigenvalue weighted by atomic mass is 9.93. The van der Waals surface area contributed by atoms with Crippen molar-refractivity contribution in [2.45, 2.75) is 12.5 Å². The van der Waals surface area contributed by atoms with Crippen molar-refractivity contribution < 1.29 is 32.9 Å². The average Bonchev–Trinajstić information content (AvgIpc) is 2.78. The van der Waals surface area contributed by atoms with Crippen LogP contribution in [0.5, 0.6) is 23.0 Å². The fourth-order valence-corrected chi connectivity index (χ4v) is 4.00. The van der Waals surface area contributed by atoms with Crippen molar-refractivity contribution in [1.82, 2.24) is 0 Å². The summed E-state index contributed by atoms with van der Waals surface area (Å²) < 4.78 is 41.9. The Bertz CT molecular complexity index is 957. The molecular formula is C22H24FNO6. The Morgan fingerprint density at radius 2 is 1.77 bits per heavy atom. The van der Waals surface area contributed by atoms with E-state index in [0.29, 0.717) is 54.8 Å². The summed E-state index contributed by atoms with van der Waals surface area (Å²) >= 11 is 0. The number of carbonyl (C=O) groups excluding carboxylic acids is 1. The third-order valence-electron chi connectivity index (χ3n) is 5.40. The van der Waals surface area contributed by atoms with Crippen LogP contribution in [0, 0.1) is 5.82 Å². The topological polar surface area (TPSA) is 66.5 Å². The van der Waals surface area contributed by atoms with Crippen molar-refractivity contribution in [3.63, 3.8) is 0 Å². The minimum absolute atomic E-state index is 0.0990. The summed E-state index contributed by atoms with van der Waals surface area (Å²) in [5, 5.41) is 0. The van der Waals surface area contributed by atoms with Gasteiger partial charge in [0, 0.05) is 30.4 Å². The van der Waals surface area contributed by atoms with E-state index in [1.807, 2.05) is 0 Å². The van der Waals surface area contributed by atoms with Crippen molar-refractivity contribution in [3.05, 3.63) is 41.2 Å². The van der Waals surface area contributed by atoms with E-state index < -0.39 is 6.10 Å². The summed E-state index contributed by atoms with van der Waals surface area (Å²) in [5.41, 5.74) is 1.79. The van der Waals surface area contributed by atoms with Gasteiger partial charge in [0.1, 0.15) is 23.2 Å². The normalized spacial score (nSPS) is 18.5. The Morgan fingerprint density at radius 1 is 1.03 bits per heavy atom. The van der Waals surface area contributed by atoms with Crippen LogP contribution in [0.3, 0.4) is 0 Å². The fourth-order valence-electron chi connectivity index (χ4n) is 4.00. The summed E-state index contributed by atoms with van der Waals surface area (Å²) in [5.74, 6) is 0.886. The van der Waals surface area contributed by atoms with Gasteiger partial charge in [0.05, 0.1) is 41.0 Å². The number of morpholine rings is 1. The SMILES string of the molecule is COc1cc2c(c(OC)c1OC)C(=O)CC(c1ccc(F)cc1N1CCOCC1)O2. The lowest BCUT2D eigenvalue weighted by molar-refractivity contribution is 0.0841. The first kappa shape index (κ1) is 20.3. The second-order valence-electron chi connectivity index (χ2n) is 7.05. The highest BCUT2D eigenvalue weighted by atomic mass is 19.1. The number of anilines is 1. The van der Waals surface area contributed by atoms with E-state index in [4.69, 9.17) is 23.7 Å². The monoisotopic (exact) mass is 417 g/mol. The zero-order valence-corrected chi connectivity index (χ0v) is 17.2. The second kappa shape index (κ2) is 8.39. The molecule has 7 nitrogen and oxygen atoms in total. The third-order valence-corrected chi connectivity index (χ3v) is 5.40. The minimum Gasteiger partial charge on any atom is -0.493 e. The number of fused-ring (bicyclic) bond motifs is 1. The molecule has 0 radical (unpaired) electrons. The van der Waals surface area contributed by atoms with E-state index in [9.17, 15) is 9.18 Å². The molecule has 2 aromatic rings. The second-order valence-corrected chi connectivity index (χ2v) is 7.05. The molecule has 0 saturated carbocycles. The molecule has 30 heavy (non-hydrogen) atoms. The lowest BCUT2D eigenvalue weighted by Crippen LogP contribution is -2.37. The van der Waals surface area contributed by atoms with E-state index in [1.165, 1.54) is 33.5 Å². The van der Waals surface area contributed by atoms with E-state index in [2.05, 4.69) is 4.90 Å². The van der Waals surface area contributed by atoms with Crippen molar-refractivity contribution >= 4 is 11.5 Å². The van der Waals surface area contributed by atoms with Crippen LogP contribution in [-0.2, 0) is 4.74 Å². The number of methoxy groups -OCH3 is 3. The Labute approximate surface area is 174 Å². The molecule has 4 rings (SSSR count). The van der Waals surface area contributed by atoms with Crippen LogP contribution in [-0.4, -0.2) is 53.4 Å². The Morgan fingerprint density at radius 3 is 2.43 bits per heavy atom.